The normalized spacial score (nSPS) is 11.3. The lowest BCUT2D eigenvalue weighted by Crippen LogP contribution is -2.14. The molecule has 1 aromatic carbocycles. The number of nitro benzene ring substituents is 1. The fraction of sp³-hybridized carbons (Fsp3) is 0. The van der Waals surface area contributed by atoms with Gasteiger partial charge in [0.05, 0.1) is 4.92 Å². The maximum absolute atomic E-state index is 12.9. The van der Waals surface area contributed by atoms with Gasteiger partial charge in [-0.25, -0.2) is 13.6 Å². The second-order valence-electron chi connectivity index (χ2n) is 2.39. The van der Waals surface area contributed by atoms with E-state index >= 15 is 0 Å². The Balaban J connectivity index is 3.61. The molecule has 76 valence electrons. The predicted molar refractivity (Wildman–Crippen MR) is 44.4 cm³/mol. The van der Waals surface area contributed by atoms with E-state index in [1.165, 1.54) is 0 Å². The molecule has 1 aromatic rings. The van der Waals surface area contributed by atoms with E-state index in [9.17, 15) is 22.9 Å². The van der Waals surface area contributed by atoms with E-state index in [-0.39, 0.29) is 0 Å². The summed E-state index contributed by atoms with van der Waals surface area (Å²) in [6.45, 7) is 0. The van der Waals surface area contributed by atoms with Crippen molar-refractivity contribution in [2.75, 3.05) is 0 Å². The van der Waals surface area contributed by atoms with Crippen molar-refractivity contribution >= 4 is 15.7 Å². The van der Waals surface area contributed by atoms with Crippen molar-refractivity contribution in [2.24, 2.45) is 5.14 Å². The van der Waals surface area contributed by atoms with Crippen LogP contribution in [0.4, 0.5) is 10.1 Å². The fourth-order valence-electron chi connectivity index (χ4n) is 0.902. The summed E-state index contributed by atoms with van der Waals surface area (Å²) in [4.78, 5) is 8.37. The van der Waals surface area contributed by atoms with Crippen molar-refractivity contribution in [1.29, 1.82) is 0 Å². The van der Waals surface area contributed by atoms with Crippen LogP contribution in [0.5, 0.6) is 0 Å². The number of primary sulfonamides is 1. The first-order valence-corrected chi connectivity index (χ1v) is 4.84. The van der Waals surface area contributed by atoms with E-state index < -0.39 is 31.3 Å². The van der Waals surface area contributed by atoms with Gasteiger partial charge in [0.1, 0.15) is 0 Å². The quantitative estimate of drug-likeness (QED) is 0.574. The van der Waals surface area contributed by atoms with Crippen molar-refractivity contribution in [1.82, 2.24) is 0 Å². The van der Waals surface area contributed by atoms with Crippen LogP contribution in [0.2, 0.25) is 0 Å². The average Bonchev–Trinajstić information content (AvgIpc) is 2.01. The number of nitrogens with zero attached hydrogens (tertiary/aromatic N) is 1. The highest BCUT2D eigenvalue weighted by Gasteiger charge is 2.26. The zero-order valence-corrected chi connectivity index (χ0v) is 7.49. The third-order valence-electron chi connectivity index (χ3n) is 1.44. The summed E-state index contributed by atoms with van der Waals surface area (Å²) in [6.07, 6.45) is 0. The molecule has 6 nitrogen and oxygen atoms in total. The van der Waals surface area contributed by atoms with Crippen LogP contribution in [-0.4, -0.2) is 13.3 Å². The molecular weight excluding hydrogens is 215 g/mol. The summed E-state index contributed by atoms with van der Waals surface area (Å²) in [5.74, 6) is -1.23. The minimum atomic E-state index is -4.28. The van der Waals surface area contributed by atoms with E-state index in [4.69, 9.17) is 0 Å². The number of halogens is 1. The second-order valence-corrected chi connectivity index (χ2v) is 3.92. The monoisotopic (exact) mass is 220 g/mol. The Bertz CT molecular complexity index is 485. The Morgan fingerprint density at radius 2 is 2.00 bits per heavy atom. The molecule has 0 heterocycles. The van der Waals surface area contributed by atoms with E-state index in [1.807, 2.05) is 0 Å². The molecule has 2 N–H and O–H groups in total. The number of sulfonamides is 1. The van der Waals surface area contributed by atoms with Gasteiger partial charge in [-0.15, -0.1) is 0 Å². The first-order chi connectivity index (χ1) is 6.34. The van der Waals surface area contributed by atoms with Crippen LogP contribution in [0.1, 0.15) is 0 Å². The molecule has 0 amide bonds. The van der Waals surface area contributed by atoms with Crippen molar-refractivity contribution in [3.05, 3.63) is 34.1 Å². The lowest BCUT2D eigenvalue weighted by Gasteiger charge is -1.99. The summed E-state index contributed by atoms with van der Waals surface area (Å²) in [5.41, 5.74) is -1.13. The van der Waals surface area contributed by atoms with Gasteiger partial charge in [-0.1, -0.05) is 6.07 Å². The first kappa shape index (κ1) is 10.5. The number of nitrogens with two attached hydrogens (primary N) is 1. The topological polar surface area (TPSA) is 103 Å². The summed E-state index contributed by atoms with van der Waals surface area (Å²) in [6, 6.07) is 2.69. The van der Waals surface area contributed by atoms with Gasteiger partial charge in [0.25, 0.3) is 0 Å². The van der Waals surface area contributed by atoms with Gasteiger partial charge < -0.3 is 0 Å². The molecule has 0 aliphatic carbocycles. The van der Waals surface area contributed by atoms with Crippen LogP contribution < -0.4 is 5.14 Å². The standard InChI is InChI=1S/C6H5FN2O4S/c7-4-2-1-3-5(14(8,12)13)6(4)9(10)11/h1-3H,(H2,8,12,13). The molecule has 0 unspecified atom stereocenters. The summed E-state index contributed by atoms with van der Waals surface area (Å²) >= 11 is 0. The molecule has 1 rings (SSSR count). The van der Waals surface area contributed by atoms with Crippen LogP contribution in [0.15, 0.2) is 23.1 Å². The highest BCUT2D eigenvalue weighted by molar-refractivity contribution is 7.89. The molecule has 0 bridgehead atoms. The Morgan fingerprint density at radius 1 is 1.43 bits per heavy atom. The van der Waals surface area contributed by atoms with Gasteiger partial charge in [-0.3, -0.25) is 10.1 Å². The summed E-state index contributed by atoms with van der Waals surface area (Å²) in [5, 5.41) is 15.0. The van der Waals surface area contributed by atoms with E-state index in [1.54, 1.807) is 0 Å². The predicted octanol–water partition coefficient (Wildman–Crippen LogP) is 0.381. The van der Waals surface area contributed by atoms with Crippen molar-refractivity contribution in [2.45, 2.75) is 4.90 Å². The lowest BCUT2D eigenvalue weighted by molar-refractivity contribution is -0.390. The third-order valence-corrected chi connectivity index (χ3v) is 2.38. The number of rotatable bonds is 2. The van der Waals surface area contributed by atoms with Crippen molar-refractivity contribution < 1.29 is 17.7 Å². The van der Waals surface area contributed by atoms with Crippen LogP contribution >= 0.6 is 0 Å². The molecule has 8 heteroatoms. The fourth-order valence-corrected chi connectivity index (χ4v) is 1.61. The molecule has 0 atom stereocenters. The second kappa shape index (κ2) is 3.31. The molecule has 0 saturated heterocycles. The Hall–Kier alpha value is -1.54. The average molecular weight is 220 g/mol. The molecule has 0 spiro atoms. The zero-order valence-electron chi connectivity index (χ0n) is 6.68. The van der Waals surface area contributed by atoms with Gasteiger partial charge in [0, 0.05) is 0 Å². The van der Waals surface area contributed by atoms with Gasteiger partial charge in [-0.2, -0.15) is 4.39 Å². The molecular formula is C6H5FN2O4S. The molecule has 0 fully saturated rings. The SMILES string of the molecule is NS(=O)(=O)c1cccc(F)c1[N+](=O)[O-]. The van der Waals surface area contributed by atoms with Crippen LogP contribution in [0.25, 0.3) is 0 Å². The maximum Gasteiger partial charge on any atom is 0.324 e. The lowest BCUT2D eigenvalue weighted by atomic mass is 10.3. The maximum atomic E-state index is 12.9. The Morgan fingerprint density at radius 3 is 2.36 bits per heavy atom. The smallest absolute Gasteiger partial charge is 0.258 e. The molecule has 0 saturated carbocycles. The largest absolute Gasteiger partial charge is 0.324 e. The van der Waals surface area contributed by atoms with E-state index in [0.717, 1.165) is 18.2 Å². The number of hydrogen-bond donors (Lipinski definition) is 1. The Kier molecular flexibility index (Phi) is 2.49. The van der Waals surface area contributed by atoms with Crippen LogP contribution in [-0.2, 0) is 10.0 Å². The molecule has 0 aliphatic heterocycles. The highest BCUT2D eigenvalue weighted by atomic mass is 32.2. The van der Waals surface area contributed by atoms with E-state index in [2.05, 4.69) is 5.14 Å². The highest BCUT2D eigenvalue weighted by Crippen LogP contribution is 2.25. The Labute approximate surface area is 78.4 Å². The number of nitro groups is 1. The summed E-state index contributed by atoms with van der Waals surface area (Å²) < 4.78 is 34.5. The molecule has 0 aromatic heterocycles. The van der Waals surface area contributed by atoms with Gasteiger partial charge in [-0.05, 0) is 12.1 Å². The minimum absolute atomic E-state index is 0.785. The zero-order chi connectivity index (χ0) is 10.9. The van der Waals surface area contributed by atoms with Gasteiger partial charge in [0.2, 0.25) is 15.8 Å². The first-order valence-electron chi connectivity index (χ1n) is 3.29. The van der Waals surface area contributed by atoms with Gasteiger partial charge in [0.15, 0.2) is 4.90 Å². The summed E-state index contributed by atoms with van der Waals surface area (Å²) in [7, 11) is -4.28. The molecule has 0 aliphatic rings. The molecule has 14 heavy (non-hydrogen) atoms. The van der Waals surface area contributed by atoms with Crippen molar-refractivity contribution in [3.8, 4) is 0 Å². The van der Waals surface area contributed by atoms with Crippen LogP contribution in [0, 0.1) is 15.9 Å². The number of benzene rings is 1. The number of para-hydroxylation sites is 1. The van der Waals surface area contributed by atoms with Crippen LogP contribution in [0.3, 0.4) is 0 Å². The van der Waals surface area contributed by atoms with E-state index in [0.29, 0.717) is 0 Å². The third kappa shape index (κ3) is 1.86. The minimum Gasteiger partial charge on any atom is -0.258 e. The van der Waals surface area contributed by atoms with Gasteiger partial charge >= 0.3 is 5.69 Å². The number of hydrogen-bond acceptors (Lipinski definition) is 4. The van der Waals surface area contributed by atoms with Crippen molar-refractivity contribution in [3.63, 3.8) is 0 Å². The molecule has 0 radical (unpaired) electrons.